The van der Waals surface area contributed by atoms with Gasteiger partial charge in [0, 0.05) is 6.20 Å². The van der Waals surface area contributed by atoms with Gasteiger partial charge in [-0.3, -0.25) is 4.57 Å². The number of imidazole rings is 1. The van der Waals surface area contributed by atoms with Crippen molar-refractivity contribution in [3.63, 3.8) is 0 Å². The highest BCUT2D eigenvalue weighted by molar-refractivity contribution is 6.37. The van der Waals surface area contributed by atoms with Gasteiger partial charge in [0.1, 0.15) is 11.3 Å². The highest BCUT2D eigenvalue weighted by Crippen LogP contribution is 2.32. The SMILES string of the molecule is Cc1ccnc2c1nc(CCl)n2-c1c(Cl)cccc1Cl. The molecule has 0 amide bonds. The molecule has 2 aromatic heterocycles. The minimum Gasteiger partial charge on any atom is -0.277 e. The normalized spacial score (nSPS) is 11.2. The number of nitrogens with zero attached hydrogens (tertiary/aromatic N) is 3. The number of hydrogen-bond acceptors (Lipinski definition) is 2. The number of benzene rings is 1. The first-order valence-corrected chi connectivity index (χ1v) is 7.26. The Morgan fingerprint density at radius 3 is 2.50 bits per heavy atom. The Hall–Kier alpha value is -1.29. The first-order valence-electron chi connectivity index (χ1n) is 5.96. The van der Waals surface area contributed by atoms with Gasteiger partial charge in [-0.25, -0.2) is 9.97 Å². The van der Waals surface area contributed by atoms with Crippen LogP contribution in [0.2, 0.25) is 10.0 Å². The van der Waals surface area contributed by atoms with Crippen LogP contribution in [0.15, 0.2) is 30.5 Å². The highest BCUT2D eigenvalue weighted by Gasteiger charge is 2.18. The fourth-order valence-electron chi connectivity index (χ4n) is 2.17. The first-order chi connectivity index (χ1) is 9.63. The number of halogens is 3. The molecule has 6 heteroatoms. The Labute approximate surface area is 131 Å². The van der Waals surface area contributed by atoms with Crippen LogP contribution in [0.1, 0.15) is 11.4 Å². The van der Waals surface area contributed by atoms with Crippen LogP contribution in [0.3, 0.4) is 0 Å². The van der Waals surface area contributed by atoms with Crippen LogP contribution in [0.5, 0.6) is 0 Å². The van der Waals surface area contributed by atoms with Gasteiger partial charge in [-0.2, -0.15) is 0 Å². The van der Waals surface area contributed by atoms with Crippen LogP contribution < -0.4 is 0 Å². The molecule has 0 saturated heterocycles. The van der Waals surface area contributed by atoms with E-state index in [0.717, 1.165) is 11.1 Å². The minimum absolute atomic E-state index is 0.247. The lowest BCUT2D eigenvalue weighted by molar-refractivity contribution is 0.970. The molecular weight excluding hydrogens is 317 g/mol. The van der Waals surface area contributed by atoms with Crippen molar-refractivity contribution in [3.8, 4) is 5.69 Å². The molecule has 0 N–H and O–H groups in total. The lowest BCUT2D eigenvalue weighted by atomic mass is 10.2. The predicted molar refractivity (Wildman–Crippen MR) is 83.2 cm³/mol. The summed E-state index contributed by atoms with van der Waals surface area (Å²) < 4.78 is 1.82. The maximum Gasteiger partial charge on any atom is 0.165 e. The second-order valence-corrected chi connectivity index (χ2v) is 5.45. The van der Waals surface area contributed by atoms with Gasteiger partial charge in [0.25, 0.3) is 0 Å². The minimum atomic E-state index is 0.247. The van der Waals surface area contributed by atoms with Crippen LogP contribution in [-0.4, -0.2) is 14.5 Å². The zero-order valence-corrected chi connectivity index (χ0v) is 12.8. The second-order valence-electron chi connectivity index (χ2n) is 4.37. The summed E-state index contributed by atoms with van der Waals surface area (Å²) in [6, 6.07) is 7.27. The molecule has 3 nitrogen and oxygen atoms in total. The van der Waals surface area contributed by atoms with Crippen molar-refractivity contribution < 1.29 is 0 Å². The molecule has 0 aliphatic heterocycles. The number of aromatic nitrogens is 3. The number of para-hydroxylation sites is 1. The molecule has 0 bridgehead atoms. The van der Waals surface area contributed by atoms with E-state index >= 15 is 0 Å². The third kappa shape index (κ3) is 2.06. The number of aryl methyl sites for hydroxylation is 1. The summed E-state index contributed by atoms with van der Waals surface area (Å²) in [4.78, 5) is 8.93. The van der Waals surface area contributed by atoms with Crippen molar-refractivity contribution in [3.05, 3.63) is 51.9 Å². The molecule has 0 unspecified atom stereocenters. The maximum absolute atomic E-state index is 6.29. The molecule has 0 saturated carbocycles. The number of rotatable bonds is 2. The van der Waals surface area contributed by atoms with Gasteiger partial charge < -0.3 is 0 Å². The van der Waals surface area contributed by atoms with E-state index < -0.39 is 0 Å². The van der Waals surface area contributed by atoms with Crippen LogP contribution >= 0.6 is 34.8 Å². The molecule has 102 valence electrons. The van der Waals surface area contributed by atoms with Crippen LogP contribution in [0, 0.1) is 6.92 Å². The molecule has 0 fully saturated rings. The third-order valence-corrected chi connectivity index (χ3v) is 3.95. The summed E-state index contributed by atoms with van der Waals surface area (Å²) in [6.45, 7) is 1.98. The van der Waals surface area contributed by atoms with Crippen molar-refractivity contribution >= 4 is 46.0 Å². The predicted octanol–water partition coefficient (Wildman–Crippen LogP) is 4.77. The number of fused-ring (bicyclic) bond motifs is 1. The van der Waals surface area contributed by atoms with Crippen LogP contribution in [0.4, 0.5) is 0 Å². The van der Waals surface area contributed by atoms with Crippen molar-refractivity contribution in [2.45, 2.75) is 12.8 Å². The van der Waals surface area contributed by atoms with Gasteiger partial charge >= 0.3 is 0 Å². The average Bonchev–Trinajstić information content (AvgIpc) is 2.79. The van der Waals surface area contributed by atoms with E-state index in [1.807, 2.05) is 17.6 Å². The van der Waals surface area contributed by atoms with Crippen molar-refractivity contribution in [1.82, 2.24) is 14.5 Å². The van der Waals surface area contributed by atoms with Crippen molar-refractivity contribution in [2.24, 2.45) is 0 Å². The van der Waals surface area contributed by atoms with Gasteiger partial charge in [0.2, 0.25) is 0 Å². The fraction of sp³-hybridized carbons (Fsp3) is 0.143. The number of hydrogen-bond donors (Lipinski definition) is 0. The van der Waals surface area contributed by atoms with E-state index in [1.165, 1.54) is 0 Å². The smallest absolute Gasteiger partial charge is 0.165 e. The van der Waals surface area contributed by atoms with E-state index in [9.17, 15) is 0 Å². The van der Waals surface area contributed by atoms with E-state index in [-0.39, 0.29) is 5.88 Å². The topological polar surface area (TPSA) is 30.7 Å². The van der Waals surface area contributed by atoms with E-state index in [0.29, 0.717) is 27.2 Å². The fourth-order valence-corrected chi connectivity index (χ4v) is 2.91. The lowest BCUT2D eigenvalue weighted by Gasteiger charge is -2.11. The molecule has 3 aromatic rings. The van der Waals surface area contributed by atoms with E-state index in [4.69, 9.17) is 34.8 Å². The zero-order valence-electron chi connectivity index (χ0n) is 10.6. The van der Waals surface area contributed by atoms with Crippen LogP contribution in [-0.2, 0) is 5.88 Å². The summed E-state index contributed by atoms with van der Waals surface area (Å²) in [6.07, 6.45) is 1.73. The molecule has 2 heterocycles. The summed E-state index contributed by atoms with van der Waals surface area (Å²) in [5.74, 6) is 0.913. The van der Waals surface area contributed by atoms with Gasteiger partial charge in [-0.1, -0.05) is 29.3 Å². The maximum atomic E-state index is 6.29. The number of pyridine rings is 1. The third-order valence-electron chi connectivity index (χ3n) is 3.10. The Morgan fingerprint density at radius 2 is 1.85 bits per heavy atom. The molecular formula is C14H10Cl3N3. The van der Waals surface area contributed by atoms with Crippen molar-refractivity contribution in [1.29, 1.82) is 0 Å². The first kappa shape index (κ1) is 13.7. The molecule has 3 rings (SSSR count). The van der Waals surface area contributed by atoms with Gasteiger partial charge in [-0.05, 0) is 30.7 Å². The number of alkyl halides is 1. The Kier molecular flexibility index (Phi) is 3.59. The van der Waals surface area contributed by atoms with E-state index in [2.05, 4.69) is 9.97 Å². The van der Waals surface area contributed by atoms with Gasteiger partial charge in [0.15, 0.2) is 5.65 Å². The summed E-state index contributed by atoms with van der Waals surface area (Å²) >= 11 is 18.6. The molecule has 20 heavy (non-hydrogen) atoms. The average molecular weight is 327 g/mol. The Morgan fingerprint density at radius 1 is 1.15 bits per heavy atom. The summed E-state index contributed by atoms with van der Waals surface area (Å²) in [5, 5.41) is 1.07. The molecule has 0 atom stereocenters. The molecule has 0 radical (unpaired) electrons. The lowest BCUT2D eigenvalue weighted by Crippen LogP contribution is -2.02. The summed E-state index contributed by atoms with van der Waals surface area (Å²) in [7, 11) is 0. The molecule has 0 aliphatic carbocycles. The Bertz CT molecular complexity index is 775. The van der Waals surface area contributed by atoms with Gasteiger partial charge in [0.05, 0.1) is 21.6 Å². The molecule has 1 aromatic carbocycles. The quantitative estimate of drug-likeness (QED) is 0.635. The zero-order chi connectivity index (χ0) is 14.3. The largest absolute Gasteiger partial charge is 0.277 e. The molecule has 0 aliphatic rings. The summed E-state index contributed by atoms with van der Waals surface area (Å²) in [5.41, 5.74) is 3.20. The van der Waals surface area contributed by atoms with Crippen molar-refractivity contribution in [2.75, 3.05) is 0 Å². The van der Waals surface area contributed by atoms with Gasteiger partial charge in [-0.15, -0.1) is 11.6 Å². The highest BCUT2D eigenvalue weighted by atomic mass is 35.5. The standard InChI is InChI=1S/C14H10Cl3N3/c1-8-5-6-18-14-12(8)19-11(7-15)20(14)13-9(16)3-2-4-10(13)17/h2-6H,7H2,1H3. The molecule has 0 spiro atoms. The second kappa shape index (κ2) is 5.24. The Balaban J connectivity index is 2.44. The van der Waals surface area contributed by atoms with Crippen LogP contribution in [0.25, 0.3) is 16.9 Å². The monoisotopic (exact) mass is 325 g/mol. The van der Waals surface area contributed by atoms with E-state index in [1.54, 1.807) is 24.4 Å².